The van der Waals surface area contributed by atoms with Crippen molar-refractivity contribution in [1.29, 1.82) is 0 Å². The third-order valence-electron chi connectivity index (χ3n) is 4.98. The molecule has 178 valence electrons. The maximum atomic E-state index is 12.7. The predicted octanol–water partition coefficient (Wildman–Crippen LogP) is 6.11. The lowest BCUT2D eigenvalue weighted by Crippen LogP contribution is -2.04. The number of halogens is 3. The van der Waals surface area contributed by atoms with Crippen molar-refractivity contribution in [3.05, 3.63) is 83.4 Å². The Labute approximate surface area is 195 Å². The van der Waals surface area contributed by atoms with Crippen LogP contribution in [0.4, 0.5) is 13.2 Å². The Balaban J connectivity index is 1.75. The summed E-state index contributed by atoms with van der Waals surface area (Å²) in [6.45, 7) is 0.203. The minimum absolute atomic E-state index is 0.203. The van der Waals surface area contributed by atoms with Gasteiger partial charge in [0.25, 0.3) is 0 Å². The number of carbonyl (C=O) groups is 1. The Bertz CT molecular complexity index is 1170. The fourth-order valence-corrected chi connectivity index (χ4v) is 3.36. The van der Waals surface area contributed by atoms with E-state index in [0.717, 1.165) is 17.7 Å². The molecule has 0 spiro atoms. The molecule has 8 heteroatoms. The second kappa shape index (κ2) is 10.8. The first-order chi connectivity index (χ1) is 16.2. The average Bonchev–Trinajstić information content (AvgIpc) is 2.81. The number of methoxy groups -OCH3 is 2. The molecule has 0 unspecified atom stereocenters. The first-order valence-corrected chi connectivity index (χ1v) is 10.2. The molecule has 34 heavy (non-hydrogen) atoms. The van der Waals surface area contributed by atoms with Gasteiger partial charge in [-0.05, 0) is 47.5 Å². The SMILES string of the molecule is COc1cc(OC)c(-c2cccc(OCC=Cc3ccc(C(F)(F)F)cc3)c2)cc1CC(=O)O. The molecule has 0 heterocycles. The number of hydrogen-bond donors (Lipinski definition) is 1. The number of rotatable bonds is 9. The fraction of sp³-hybridized carbons (Fsp3) is 0.192. The molecule has 0 amide bonds. The Morgan fingerprint density at radius 3 is 2.29 bits per heavy atom. The van der Waals surface area contributed by atoms with Crippen molar-refractivity contribution in [1.82, 2.24) is 0 Å². The van der Waals surface area contributed by atoms with Gasteiger partial charge >= 0.3 is 12.1 Å². The van der Waals surface area contributed by atoms with Crippen molar-refractivity contribution >= 4 is 12.0 Å². The number of alkyl halides is 3. The van der Waals surface area contributed by atoms with E-state index in [1.54, 1.807) is 42.5 Å². The minimum Gasteiger partial charge on any atom is -0.496 e. The van der Waals surface area contributed by atoms with Gasteiger partial charge in [-0.3, -0.25) is 4.79 Å². The van der Waals surface area contributed by atoms with Gasteiger partial charge in [-0.1, -0.05) is 30.3 Å². The summed E-state index contributed by atoms with van der Waals surface area (Å²) >= 11 is 0. The second-order valence-electron chi connectivity index (χ2n) is 7.30. The van der Waals surface area contributed by atoms with E-state index in [-0.39, 0.29) is 13.0 Å². The zero-order valence-corrected chi connectivity index (χ0v) is 18.6. The van der Waals surface area contributed by atoms with Gasteiger partial charge in [0.05, 0.1) is 26.2 Å². The molecule has 0 aliphatic carbocycles. The lowest BCUT2D eigenvalue weighted by Gasteiger charge is -2.15. The number of aliphatic carboxylic acids is 1. The van der Waals surface area contributed by atoms with Crippen LogP contribution in [0.2, 0.25) is 0 Å². The maximum Gasteiger partial charge on any atom is 0.416 e. The largest absolute Gasteiger partial charge is 0.496 e. The summed E-state index contributed by atoms with van der Waals surface area (Å²) in [6.07, 6.45) is -1.19. The van der Waals surface area contributed by atoms with Gasteiger partial charge in [-0.15, -0.1) is 0 Å². The van der Waals surface area contributed by atoms with Gasteiger partial charge in [0, 0.05) is 17.2 Å². The highest BCUT2D eigenvalue weighted by molar-refractivity contribution is 5.77. The highest BCUT2D eigenvalue weighted by atomic mass is 19.4. The van der Waals surface area contributed by atoms with Crippen molar-refractivity contribution in [2.45, 2.75) is 12.6 Å². The number of carboxylic acids is 1. The second-order valence-corrected chi connectivity index (χ2v) is 7.30. The van der Waals surface area contributed by atoms with E-state index in [2.05, 4.69) is 0 Å². The standard InChI is InChI=1S/C26H23F3O5/c1-32-23-16-24(33-2)22(14-19(23)15-25(30)31)18-6-3-7-21(13-18)34-12-4-5-17-8-10-20(11-9-17)26(27,28)29/h3-11,13-14,16H,12,15H2,1-2H3,(H,30,31). The Morgan fingerprint density at radius 1 is 0.971 bits per heavy atom. The molecule has 0 bridgehead atoms. The van der Waals surface area contributed by atoms with Crippen molar-refractivity contribution in [3.63, 3.8) is 0 Å². The maximum absolute atomic E-state index is 12.7. The summed E-state index contributed by atoms with van der Waals surface area (Å²) in [6, 6.07) is 15.4. The summed E-state index contributed by atoms with van der Waals surface area (Å²) in [5.41, 5.74) is 1.88. The van der Waals surface area contributed by atoms with Crippen molar-refractivity contribution in [2.24, 2.45) is 0 Å². The van der Waals surface area contributed by atoms with Gasteiger partial charge in [0.1, 0.15) is 23.9 Å². The smallest absolute Gasteiger partial charge is 0.416 e. The van der Waals surface area contributed by atoms with Gasteiger partial charge in [-0.25, -0.2) is 0 Å². The quantitative estimate of drug-likeness (QED) is 0.407. The molecule has 0 saturated carbocycles. The lowest BCUT2D eigenvalue weighted by molar-refractivity contribution is -0.138. The van der Waals surface area contributed by atoms with E-state index in [4.69, 9.17) is 14.2 Å². The number of carboxylic acid groups (broad SMARTS) is 1. The van der Waals surface area contributed by atoms with Crippen LogP contribution in [0.25, 0.3) is 17.2 Å². The lowest BCUT2D eigenvalue weighted by atomic mass is 9.99. The molecule has 5 nitrogen and oxygen atoms in total. The number of hydrogen-bond acceptors (Lipinski definition) is 4. The van der Waals surface area contributed by atoms with Gasteiger partial charge in [0.15, 0.2) is 0 Å². The molecular weight excluding hydrogens is 449 g/mol. The molecule has 3 aromatic carbocycles. The van der Waals surface area contributed by atoms with Crippen LogP contribution in [-0.2, 0) is 17.4 Å². The Morgan fingerprint density at radius 2 is 1.68 bits per heavy atom. The van der Waals surface area contributed by atoms with Crippen LogP contribution in [0.5, 0.6) is 17.2 Å². The zero-order chi connectivity index (χ0) is 24.7. The monoisotopic (exact) mass is 472 g/mol. The van der Waals surface area contributed by atoms with E-state index in [1.165, 1.54) is 26.4 Å². The van der Waals surface area contributed by atoms with Crippen LogP contribution in [0.1, 0.15) is 16.7 Å². The van der Waals surface area contributed by atoms with Crippen LogP contribution >= 0.6 is 0 Å². The number of ether oxygens (including phenoxy) is 3. The van der Waals surface area contributed by atoms with Crippen LogP contribution < -0.4 is 14.2 Å². The molecule has 0 saturated heterocycles. The Hall–Kier alpha value is -3.94. The molecule has 0 atom stereocenters. The predicted molar refractivity (Wildman–Crippen MR) is 122 cm³/mol. The van der Waals surface area contributed by atoms with Crippen molar-refractivity contribution in [3.8, 4) is 28.4 Å². The van der Waals surface area contributed by atoms with E-state index in [1.807, 2.05) is 6.07 Å². The van der Waals surface area contributed by atoms with Gasteiger partial charge in [0.2, 0.25) is 0 Å². The normalized spacial score (nSPS) is 11.4. The van der Waals surface area contributed by atoms with Crippen LogP contribution in [0.15, 0.2) is 66.7 Å². The third kappa shape index (κ3) is 6.31. The molecule has 0 fully saturated rings. The highest BCUT2D eigenvalue weighted by Crippen LogP contribution is 2.37. The van der Waals surface area contributed by atoms with Gasteiger partial charge in [-0.2, -0.15) is 13.2 Å². The first kappa shape index (κ1) is 24.7. The third-order valence-corrected chi connectivity index (χ3v) is 4.98. The molecule has 1 N–H and O–H groups in total. The number of benzene rings is 3. The molecule has 0 aliphatic heterocycles. The van der Waals surface area contributed by atoms with Gasteiger partial charge < -0.3 is 19.3 Å². The highest BCUT2D eigenvalue weighted by Gasteiger charge is 2.29. The van der Waals surface area contributed by atoms with E-state index >= 15 is 0 Å². The van der Waals surface area contributed by atoms with E-state index < -0.39 is 17.7 Å². The van der Waals surface area contributed by atoms with Crippen LogP contribution in [0, 0.1) is 0 Å². The average molecular weight is 472 g/mol. The Kier molecular flexibility index (Phi) is 7.83. The zero-order valence-electron chi connectivity index (χ0n) is 18.6. The molecule has 3 rings (SSSR count). The summed E-state index contributed by atoms with van der Waals surface area (Å²) in [7, 11) is 2.98. The minimum atomic E-state index is -4.36. The summed E-state index contributed by atoms with van der Waals surface area (Å²) in [4.78, 5) is 11.2. The van der Waals surface area contributed by atoms with Crippen molar-refractivity contribution in [2.75, 3.05) is 20.8 Å². The van der Waals surface area contributed by atoms with E-state index in [0.29, 0.717) is 33.9 Å². The first-order valence-electron chi connectivity index (χ1n) is 10.2. The van der Waals surface area contributed by atoms with E-state index in [9.17, 15) is 23.1 Å². The fourth-order valence-electron chi connectivity index (χ4n) is 3.36. The summed E-state index contributed by atoms with van der Waals surface area (Å²) < 4.78 is 54.5. The molecule has 0 aromatic heterocycles. The summed E-state index contributed by atoms with van der Waals surface area (Å²) in [5, 5.41) is 9.21. The molecular formula is C26H23F3O5. The topological polar surface area (TPSA) is 65.0 Å². The van der Waals surface area contributed by atoms with Crippen LogP contribution in [0.3, 0.4) is 0 Å². The molecule has 0 aliphatic rings. The van der Waals surface area contributed by atoms with Crippen molar-refractivity contribution < 1.29 is 37.3 Å². The molecule has 3 aromatic rings. The summed E-state index contributed by atoms with van der Waals surface area (Å²) in [5.74, 6) is 0.521. The van der Waals surface area contributed by atoms with Crippen LogP contribution in [-0.4, -0.2) is 31.9 Å². The molecule has 0 radical (unpaired) electrons.